The molecule has 0 radical (unpaired) electrons. The first-order chi connectivity index (χ1) is 10.6. The molecule has 0 saturated heterocycles. The molecule has 0 aliphatic carbocycles. The van der Waals surface area contributed by atoms with E-state index in [1.54, 1.807) is 34.6 Å². The van der Waals surface area contributed by atoms with Gasteiger partial charge in [-0.3, -0.25) is 14.9 Å². The second-order valence-electron chi connectivity index (χ2n) is 7.02. The number of rotatable bonds is 3. The van der Waals surface area contributed by atoms with Crippen molar-refractivity contribution in [3.05, 3.63) is 26.8 Å². The number of nitrogens with one attached hydrogen (secondary N) is 2. The monoisotopic (exact) mass is 321 g/mol. The standard InChI is InChI=1S/C16H23N3O4/c1-8-11-6-10(7-20)17-13(11)12(9(2)14(8)19(22)23)18-15(21)16(3,4)5/h10,17,20H,6-7H2,1-5H3,(H,18,21). The Labute approximate surface area is 135 Å². The van der Waals surface area contributed by atoms with Gasteiger partial charge in [-0.05, 0) is 25.8 Å². The lowest BCUT2D eigenvalue weighted by atomic mass is 9.93. The van der Waals surface area contributed by atoms with E-state index in [0.29, 0.717) is 28.9 Å². The average Bonchev–Trinajstić information content (AvgIpc) is 2.86. The van der Waals surface area contributed by atoms with Crippen LogP contribution in [0.1, 0.15) is 37.5 Å². The van der Waals surface area contributed by atoms with Crippen LogP contribution in [0.15, 0.2) is 0 Å². The molecule has 1 amide bonds. The summed E-state index contributed by atoms with van der Waals surface area (Å²) in [5, 5.41) is 26.8. The van der Waals surface area contributed by atoms with Crippen LogP contribution in [-0.2, 0) is 11.2 Å². The Morgan fingerprint density at radius 3 is 2.48 bits per heavy atom. The Morgan fingerprint density at radius 2 is 2.00 bits per heavy atom. The lowest BCUT2D eigenvalue weighted by molar-refractivity contribution is -0.386. The fourth-order valence-electron chi connectivity index (χ4n) is 2.83. The van der Waals surface area contributed by atoms with Crippen molar-refractivity contribution in [2.45, 2.75) is 47.1 Å². The molecule has 0 fully saturated rings. The van der Waals surface area contributed by atoms with E-state index in [1.165, 1.54) is 0 Å². The zero-order valence-corrected chi connectivity index (χ0v) is 14.1. The number of carbonyl (C=O) groups is 1. The predicted octanol–water partition coefficient (Wildman–Crippen LogP) is 2.53. The number of anilines is 2. The number of fused-ring (bicyclic) bond motifs is 1. The molecule has 1 atom stereocenters. The van der Waals surface area contributed by atoms with E-state index in [-0.39, 0.29) is 24.2 Å². The van der Waals surface area contributed by atoms with E-state index < -0.39 is 10.3 Å². The molecule has 1 unspecified atom stereocenters. The minimum atomic E-state index is -0.617. The Kier molecular flexibility index (Phi) is 4.34. The van der Waals surface area contributed by atoms with Gasteiger partial charge in [0.05, 0.1) is 34.5 Å². The molecular formula is C16H23N3O4. The maximum Gasteiger partial charge on any atom is 0.277 e. The van der Waals surface area contributed by atoms with Crippen LogP contribution in [0.4, 0.5) is 17.1 Å². The van der Waals surface area contributed by atoms with Crippen molar-refractivity contribution in [3.63, 3.8) is 0 Å². The van der Waals surface area contributed by atoms with Crippen molar-refractivity contribution >= 4 is 23.0 Å². The lowest BCUT2D eigenvalue weighted by Crippen LogP contribution is -2.28. The zero-order valence-electron chi connectivity index (χ0n) is 14.1. The van der Waals surface area contributed by atoms with E-state index in [0.717, 1.165) is 5.56 Å². The van der Waals surface area contributed by atoms with Crippen LogP contribution in [0.5, 0.6) is 0 Å². The van der Waals surface area contributed by atoms with Gasteiger partial charge in [0, 0.05) is 11.0 Å². The molecule has 0 bridgehead atoms. The molecule has 1 heterocycles. The summed E-state index contributed by atoms with van der Waals surface area (Å²) in [4.78, 5) is 23.4. The number of carbonyl (C=O) groups excluding carboxylic acids is 1. The van der Waals surface area contributed by atoms with E-state index in [4.69, 9.17) is 0 Å². The first kappa shape index (κ1) is 17.2. The number of hydrogen-bond donors (Lipinski definition) is 3. The smallest absolute Gasteiger partial charge is 0.277 e. The van der Waals surface area contributed by atoms with E-state index in [9.17, 15) is 20.0 Å². The third kappa shape index (κ3) is 3.01. The lowest BCUT2D eigenvalue weighted by Gasteiger charge is -2.21. The minimum Gasteiger partial charge on any atom is -0.394 e. The Morgan fingerprint density at radius 1 is 1.39 bits per heavy atom. The molecule has 7 nitrogen and oxygen atoms in total. The van der Waals surface area contributed by atoms with Crippen molar-refractivity contribution in [2.24, 2.45) is 5.41 Å². The molecule has 1 aliphatic rings. The van der Waals surface area contributed by atoms with Gasteiger partial charge in [0.15, 0.2) is 0 Å². The summed E-state index contributed by atoms with van der Waals surface area (Å²) < 4.78 is 0. The van der Waals surface area contributed by atoms with E-state index in [1.807, 2.05) is 0 Å². The highest BCUT2D eigenvalue weighted by molar-refractivity contribution is 6.00. The normalized spacial score (nSPS) is 16.7. The van der Waals surface area contributed by atoms with Crippen LogP contribution in [0, 0.1) is 29.4 Å². The van der Waals surface area contributed by atoms with E-state index in [2.05, 4.69) is 10.6 Å². The summed E-state index contributed by atoms with van der Waals surface area (Å²) in [6.07, 6.45) is 0.497. The molecule has 23 heavy (non-hydrogen) atoms. The highest BCUT2D eigenvalue weighted by Crippen LogP contribution is 2.44. The van der Waals surface area contributed by atoms with Gasteiger partial charge < -0.3 is 15.7 Å². The highest BCUT2D eigenvalue weighted by atomic mass is 16.6. The maximum absolute atomic E-state index is 12.3. The van der Waals surface area contributed by atoms with Gasteiger partial charge in [-0.2, -0.15) is 0 Å². The van der Waals surface area contributed by atoms with Crippen LogP contribution in [-0.4, -0.2) is 28.6 Å². The second kappa shape index (κ2) is 5.81. The minimum absolute atomic E-state index is 0.0216. The number of aliphatic hydroxyl groups excluding tert-OH is 1. The van der Waals surface area contributed by atoms with Crippen molar-refractivity contribution in [3.8, 4) is 0 Å². The largest absolute Gasteiger partial charge is 0.394 e. The summed E-state index contributed by atoms with van der Waals surface area (Å²) in [7, 11) is 0. The van der Waals surface area contributed by atoms with Crippen molar-refractivity contribution < 1.29 is 14.8 Å². The summed E-state index contributed by atoms with van der Waals surface area (Å²) >= 11 is 0. The fourth-order valence-corrected chi connectivity index (χ4v) is 2.83. The number of aliphatic hydroxyl groups is 1. The number of hydrogen-bond acceptors (Lipinski definition) is 5. The SMILES string of the molecule is Cc1c2c(c(NC(=O)C(C)(C)C)c(C)c1[N+](=O)[O-])NC(CO)C2. The van der Waals surface area contributed by atoms with Crippen LogP contribution >= 0.6 is 0 Å². The molecular weight excluding hydrogens is 298 g/mol. The number of nitrogens with zero attached hydrogens (tertiary/aromatic N) is 1. The summed E-state index contributed by atoms with van der Waals surface area (Å²) in [6, 6.07) is -0.199. The van der Waals surface area contributed by atoms with Crippen LogP contribution < -0.4 is 10.6 Å². The number of nitro benzene ring substituents is 1. The van der Waals surface area contributed by atoms with Gasteiger partial charge >= 0.3 is 0 Å². The van der Waals surface area contributed by atoms with Gasteiger partial charge in [0.1, 0.15) is 0 Å². The molecule has 1 aliphatic heterocycles. The van der Waals surface area contributed by atoms with Gasteiger partial charge in [-0.25, -0.2) is 0 Å². The van der Waals surface area contributed by atoms with E-state index >= 15 is 0 Å². The molecule has 126 valence electrons. The Hall–Kier alpha value is -2.15. The topological polar surface area (TPSA) is 104 Å². The molecule has 2 rings (SSSR count). The van der Waals surface area contributed by atoms with Crippen LogP contribution in [0.2, 0.25) is 0 Å². The zero-order chi connectivity index (χ0) is 17.5. The first-order valence-corrected chi connectivity index (χ1v) is 7.57. The van der Waals surface area contributed by atoms with Gasteiger partial charge in [-0.15, -0.1) is 0 Å². The molecule has 7 heteroatoms. The number of nitro groups is 1. The molecule has 0 saturated carbocycles. The van der Waals surface area contributed by atoms with Gasteiger partial charge in [0.25, 0.3) is 5.69 Å². The van der Waals surface area contributed by atoms with Crippen molar-refractivity contribution in [1.29, 1.82) is 0 Å². The highest BCUT2D eigenvalue weighted by Gasteiger charge is 2.34. The fraction of sp³-hybridized carbons (Fsp3) is 0.562. The molecule has 3 N–H and O–H groups in total. The molecule has 0 spiro atoms. The Bertz CT molecular complexity index is 677. The van der Waals surface area contributed by atoms with Crippen molar-refractivity contribution in [1.82, 2.24) is 0 Å². The van der Waals surface area contributed by atoms with Gasteiger partial charge in [-0.1, -0.05) is 20.8 Å². The third-order valence-electron chi connectivity index (χ3n) is 4.21. The first-order valence-electron chi connectivity index (χ1n) is 7.57. The van der Waals surface area contributed by atoms with Crippen LogP contribution in [0.25, 0.3) is 0 Å². The Balaban J connectivity index is 2.62. The average molecular weight is 321 g/mol. The van der Waals surface area contributed by atoms with Crippen LogP contribution in [0.3, 0.4) is 0 Å². The van der Waals surface area contributed by atoms with Crippen molar-refractivity contribution in [2.75, 3.05) is 17.2 Å². The quantitative estimate of drug-likeness (QED) is 0.586. The molecule has 1 aromatic rings. The third-order valence-corrected chi connectivity index (χ3v) is 4.21. The molecule has 0 aromatic heterocycles. The summed E-state index contributed by atoms with van der Waals surface area (Å²) in [6.45, 7) is 8.62. The number of amides is 1. The van der Waals surface area contributed by atoms with Gasteiger partial charge in [0.2, 0.25) is 5.91 Å². The summed E-state index contributed by atoms with van der Waals surface area (Å²) in [5.74, 6) is -0.213. The predicted molar refractivity (Wildman–Crippen MR) is 88.9 cm³/mol. The maximum atomic E-state index is 12.3. The molecule has 1 aromatic carbocycles. The number of benzene rings is 1. The summed E-state index contributed by atoms with van der Waals surface area (Å²) in [5.41, 5.74) is 2.32. The second-order valence-corrected chi connectivity index (χ2v) is 7.02.